The molecule has 0 spiro atoms. The van der Waals surface area contributed by atoms with E-state index in [2.05, 4.69) is 5.09 Å². The molecule has 7 heteroatoms. The van der Waals surface area contributed by atoms with E-state index >= 15 is 0 Å². The third kappa shape index (κ3) is 5.84. The van der Waals surface area contributed by atoms with Crippen LogP contribution < -0.4 is 9.61 Å². The predicted octanol–water partition coefficient (Wildman–Crippen LogP) is 4.54. The lowest BCUT2D eigenvalue weighted by molar-refractivity contribution is -0.148. The minimum Gasteiger partial charge on any atom is -0.464 e. The molecule has 0 radical (unpaired) electrons. The summed E-state index contributed by atoms with van der Waals surface area (Å²) in [4.78, 5) is 12.1. The number of esters is 1. The van der Waals surface area contributed by atoms with Gasteiger partial charge in [0.2, 0.25) is 0 Å². The van der Waals surface area contributed by atoms with Gasteiger partial charge in [0.15, 0.2) is 0 Å². The second-order valence-corrected chi connectivity index (χ2v) is 9.10. The van der Waals surface area contributed by atoms with Crippen molar-refractivity contribution in [1.29, 1.82) is 0 Å². The molecular weight excluding hydrogens is 353 g/mol. The lowest BCUT2D eigenvalue weighted by atomic mass is 9.99. The molecule has 0 aromatic heterocycles. The average Bonchev–Trinajstić information content (AvgIpc) is 2.58. The first-order chi connectivity index (χ1) is 12.1. The van der Waals surface area contributed by atoms with Gasteiger partial charge in [-0.1, -0.05) is 51.1 Å². The van der Waals surface area contributed by atoms with Crippen LogP contribution in [0.3, 0.4) is 0 Å². The van der Waals surface area contributed by atoms with Crippen LogP contribution in [-0.4, -0.2) is 25.7 Å². The molecule has 142 valence electrons. The largest absolute Gasteiger partial charge is 0.464 e. The Labute approximate surface area is 154 Å². The van der Waals surface area contributed by atoms with Crippen molar-refractivity contribution in [1.82, 2.24) is 5.09 Å². The fourth-order valence-corrected chi connectivity index (χ4v) is 3.39. The maximum Gasteiger partial charge on any atom is 0.459 e. The highest BCUT2D eigenvalue weighted by Gasteiger charge is 2.31. The molecule has 6 nitrogen and oxygen atoms in total. The number of carbonyl (C=O) groups is 1. The van der Waals surface area contributed by atoms with Gasteiger partial charge >= 0.3 is 13.7 Å². The average molecular weight is 379 g/mol. The first-order valence-electron chi connectivity index (χ1n) is 8.40. The number of carbonyl (C=O) groups excluding carboxylic acids is 1. The zero-order valence-electron chi connectivity index (χ0n) is 15.8. The van der Waals surface area contributed by atoms with Crippen molar-refractivity contribution >= 4 is 24.5 Å². The summed E-state index contributed by atoms with van der Waals surface area (Å²) >= 11 is 0. The van der Waals surface area contributed by atoms with Gasteiger partial charge in [-0.05, 0) is 35.2 Å². The van der Waals surface area contributed by atoms with Crippen LogP contribution in [0.5, 0.6) is 5.75 Å². The fraction of sp³-hybridized carbons (Fsp3) is 0.421. The van der Waals surface area contributed by atoms with Gasteiger partial charge in [-0.3, -0.25) is 9.32 Å². The maximum absolute atomic E-state index is 12.8. The van der Waals surface area contributed by atoms with E-state index in [0.717, 1.165) is 10.8 Å². The van der Waals surface area contributed by atoms with Crippen LogP contribution in [0.4, 0.5) is 0 Å². The molecule has 2 atom stereocenters. The molecule has 1 N–H and O–H groups in total. The van der Waals surface area contributed by atoms with Gasteiger partial charge in [-0.2, -0.15) is 5.09 Å². The minimum atomic E-state index is -3.73. The van der Waals surface area contributed by atoms with Gasteiger partial charge < -0.3 is 9.26 Å². The van der Waals surface area contributed by atoms with Crippen molar-refractivity contribution in [2.75, 3.05) is 13.7 Å². The third-order valence-corrected chi connectivity index (χ3v) is 5.18. The molecule has 2 rings (SSSR count). The number of hydrogen-bond donors (Lipinski definition) is 1. The number of nitrogens with one attached hydrogen (secondary N) is 1. The van der Waals surface area contributed by atoms with Crippen LogP contribution in [0.25, 0.3) is 10.8 Å². The first kappa shape index (κ1) is 20.4. The molecule has 0 bridgehead atoms. The standard InChI is InChI=1S/C19H26NO5P/c1-14(18(21)24-13-19(2,3)4)20-26(22,23-5)25-17-11-10-15-8-6-7-9-16(15)12-17/h6-12,14H,13H2,1-5H3,(H,20,22)/t14-,26?/m0/s1. The highest BCUT2D eigenvalue weighted by molar-refractivity contribution is 7.52. The van der Waals surface area contributed by atoms with Gasteiger partial charge in [-0.25, -0.2) is 4.57 Å². The molecule has 1 unspecified atom stereocenters. The number of ether oxygens (including phenoxy) is 1. The molecule has 0 heterocycles. The van der Waals surface area contributed by atoms with Crippen molar-refractivity contribution in [2.45, 2.75) is 33.7 Å². The first-order valence-corrected chi connectivity index (χ1v) is 9.95. The molecule has 0 saturated carbocycles. The molecular formula is C19H26NO5P. The SMILES string of the molecule is COP(=O)(N[C@@H](C)C(=O)OCC(C)(C)C)Oc1ccc2ccccc2c1. The molecule has 26 heavy (non-hydrogen) atoms. The number of hydrogen-bond acceptors (Lipinski definition) is 5. The van der Waals surface area contributed by atoms with Crippen LogP contribution in [0, 0.1) is 5.41 Å². The Hall–Kier alpha value is -1.88. The van der Waals surface area contributed by atoms with Crippen LogP contribution >= 0.6 is 7.75 Å². The van der Waals surface area contributed by atoms with E-state index in [4.69, 9.17) is 13.8 Å². The zero-order chi connectivity index (χ0) is 19.4. The van der Waals surface area contributed by atoms with Crippen molar-refractivity contribution in [3.63, 3.8) is 0 Å². The van der Waals surface area contributed by atoms with Gasteiger partial charge in [-0.15, -0.1) is 0 Å². The normalized spacial score (nSPS) is 15.3. The van der Waals surface area contributed by atoms with E-state index < -0.39 is 19.8 Å². The molecule has 0 fully saturated rings. The minimum absolute atomic E-state index is 0.151. The zero-order valence-corrected chi connectivity index (χ0v) is 16.7. The van der Waals surface area contributed by atoms with Crippen LogP contribution in [0.2, 0.25) is 0 Å². The molecule has 0 saturated heterocycles. The quantitative estimate of drug-likeness (QED) is 0.562. The van der Waals surface area contributed by atoms with Crippen molar-refractivity contribution in [3.8, 4) is 5.75 Å². The molecule has 0 amide bonds. The second kappa shape index (κ2) is 8.21. The molecule has 2 aromatic rings. The second-order valence-electron chi connectivity index (χ2n) is 7.30. The lowest BCUT2D eigenvalue weighted by Crippen LogP contribution is -2.36. The van der Waals surface area contributed by atoms with E-state index in [1.165, 1.54) is 7.11 Å². The Morgan fingerprint density at radius 2 is 1.81 bits per heavy atom. The van der Waals surface area contributed by atoms with Crippen LogP contribution in [-0.2, 0) is 18.6 Å². The summed E-state index contributed by atoms with van der Waals surface area (Å²) in [5.74, 6) is -0.129. The molecule has 2 aromatic carbocycles. The summed E-state index contributed by atoms with van der Waals surface area (Å²) < 4.78 is 28.6. The van der Waals surface area contributed by atoms with Crippen LogP contribution in [0.15, 0.2) is 42.5 Å². The highest BCUT2D eigenvalue weighted by Crippen LogP contribution is 2.44. The highest BCUT2D eigenvalue weighted by atomic mass is 31.2. The van der Waals surface area contributed by atoms with Crippen molar-refractivity contribution < 1.29 is 23.1 Å². The summed E-state index contributed by atoms with van der Waals surface area (Å²) in [5.41, 5.74) is -0.151. The Morgan fingerprint density at radius 3 is 2.42 bits per heavy atom. The summed E-state index contributed by atoms with van der Waals surface area (Å²) in [5, 5.41) is 4.60. The topological polar surface area (TPSA) is 73.9 Å². The number of rotatable bonds is 7. The number of fused-ring (bicyclic) bond motifs is 1. The van der Waals surface area contributed by atoms with Gasteiger partial charge in [0.25, 0.3) is 0 Å². The Kier molecular flexibility index (Phi) is 6.45. The van der Waals surface area contributed by atoms with E-state index in [1.54, 1.807) is 19.1 Å². The number of benzene rings is 2. The van der Waals surface area contributed by atoms with Gasteiger partial charge in [0.1, 0.15) is 11.8 Å². The van der Waals surface area contributed by atoms with Gasteiger partial charge in [0.05, 0.1) is 6.61 Å². The van der Waals surface area contributed by atoms with Crippen molar-refractivity contribution in [3.05, 3.63) is 42.5 Å². The fourth-order valence-electron chi connectivity index (χ4n) is 2.18. The summed E-state index contributed by atoms with van der Waals surface area (Å²) in [6, 6.07) is 12.3. The Bertz CT molecular complexity index is 815. The summed E-state index contributed by atoms with van der Waals surface area (Å²) in [7, 11) is -2.46. The monoisotopic (exact) mass is 379 g/mol. The summed E-state index contributed by atoms with van der Waals surface area (Å²) in [6.07, 6.45) is 0. The molecule has 0 aliphatic carbocycles. The third-order valence-electron chi connectivity index (χ3n) is 3.54. The lowest BCUT2D eigenvalue weighted by Gasteiger charge is -2.23. The molecule has 0 aliphatic heterocycles. The van der Waals surface area contributed by atoms with E-state index in [9.17, 15) is 9.36 Å². The predicted molar refractivity (Wildman–Crippen MR) is 102 cm³/mol. The van der Waals surface area contributed by atoms with E-state index in [1.807, 2.05) is 51.1 Å². The van der Waals surface area contributed by atoms with Crippen molar-refractivity contribution in [2.24, 2.45) is 5.41 Å². The Morgan fingerprint density at radius 1 is 1.15 bits per heavy atom. The maximum atomic E-state index is 12.8. The summed E-state index contributed by atoms with van der Waals surface area (Å²) in [6.45, 7) is 7.70. The van der Waals surface area contributed by atoms with Crippen LogP contribution in [0.1, 0.15) is 27.7 Å². The van der Waals surface area contributed by atoms with E-state index in [-0.39, 0.29) is 12.0 Å². The Balaban J connectivity index is 2.06. The smallest absolute Gasteiger partial charge is 0.459 e. The van der Waals surface area contributed by atoms with E-state index in [0.29, 0.717) is 5.75 Å². The van der Waals surface area contributed by atoms with Gasteiger partial charge in [0, 0.05) is 7.11 Å². The molecule has 0 aliphatic rings.